The van der Waals surface area contributed by atoms with E-state index >= 15 is 0 Å². The number of rotatable bonds is 5. The van der Waals surface area contributed by atoms with Gasteiger partial charge in [-0.05, 0) is 25.0 Å². The Morgan fingerprint density at radius 2 is 2.00 bits per heavy atom. The lowest BCUT2D eigenvalue weighted by Gasteiger charge is -2.10. The summed E-state index contributed by atoms with van der Waals surface area (Å²) in [5.74, 6) is 0. The molecule has 0 aliphatic heterocycles. The molecule has 1 aliphatic carbocycles. The number of aromatic nitrogens is 3. The van der Waals surface area contributed by atoms with Gasteiger partial charge in [0.25, 0.3) is 0 Å². The first-order valence-corrected chi connectivity index (χ1v) is 6.77. The molecular formula is C14H18N4O. The van der Waals surface area contributed by atoms with Gasteiger partial charge in [-0.2, -0.15) is 20.5 Å². The summed E-state index contributed by atoms with van der Waals surface area (Å²) < 4.78 is 0. The number of hydroxylamine groups is 1. The largest absolute Gasteiger partial charge is 0.298 e. The van der Waals surface area contributed by atoms with Crippen LogP contribution in [0.5, 0.6) is 0 Å². The molecule has 1 aromatic carbocycles. The molecule has 0 bridgehead atoms. The minimum atomic E-state index is 0.365. The van der Waals surface area contributed by atoms with E-state index in [9.17, 15) is 0 Å². The predicted molar refractivity (Wildman–Crippen MR) is 71.5 cm³/mol. The van der Waals surface area contributed by atoms with Crippen LogP contribution in [0.25, 0.3) is 5.69 Å². The van der Waals surface area contributed by atoms with Crippen molar-refractivity contribution in [2.24, 2.45) is 0 Å². The number of para-hydroxylation sites is 1. The molecule has 1 saturated carbocycles. The Balaban J connectivity index is 1.53. The summed E-state index contributed by atoms with van der Waals surface area (Å²) in [5, 5.41) is 8.65. The molecule has 0 amide bonds. The van der Waals surface area contributed by atoms with Crippen molar-refractivity contribution in [3.05, 3.63) is 42.2 Å². The SMILES string of the molecule is c1ccc(-n2ncc(CNOC3CCCC3)n2)cc1. The molecule has 19 heavy (non-hydrogen) atoms. The lowest BCUT2D eigenvalue weighted by Crippen LogP contribution is -2.21. The average molecular weight is 258 g/mol. The number of nitrogens with zero attached hydrogens (tertiary/aromatic N) is 3. The molecule has 1 fully saturated rings. The zero-order chi connectivity index (χ0) is 12.9. The molecule has 1 aliphatic rings. The smallest absolute Gasteiger partial charge is 0.0993 e. The Morgan fingerprint density at radius 1 is 1.21 bits per heavy atom. The Bertz CT molecular complexity index is 505. The summed E-state index contributed by atoms with van der Waals surface area (Å²) in [6.45, 7) is 0.587. The first-order chi connectivity index (χ1) is 9.42. The van der Waals surface area contributed by atoms with E-state index < -0.39 is 0 Å². The van der Waals surface area contributed by atoms with Crippen molar-refractivity contribution in [2.75, 3.05) is 0 Å². The topological polar surface area (TPSA) is 52.0 Å². The second kappa shape index (κ2) is 5.95. The second-order valence-corrected chi connectivity index (χ2v) is 4.81. The van der Waals surface area contributed by atoms with Gasteiger partial charge in [-0.3, -0.25) is 4.84 Å². The van der Waals surface area contributed by atoms with Gasteiger partial charge in [-0.1, -0.05) is 31.0 Å². The zero-order valence-electron chi connectivity index (χ0n) is 10.8. The van der Waals surface area contributed by atoms with Crippen LogP contribution in [0.15, 0.2) is 36.5 Å². The second-order valence-electron chi connectivity index (χ2n) is 4.81. The highest BCUT2D eigenvalue weighted by atomic mass is 16.7. The highest BCUT2D eigenvalue weighted by Gasteiger charge is 2.15. The van der Waals surface area contributed by atoms with E-state index in [0.717, 1.165) is 24.2 Å². The van der Waals surface area contributed by atoms with E-state index in [1.165, 1.54) is 12.8 Å². The number of nitrogens with one attached hydrogen (secondary N) is 1. The maximum atomic E-state index is 5.59. The maximum Gasteiger partial charge on any atom is 0.0993 e. The molecule has 3 rings (SSSR count). The van der Waals surface area contributed by atoms with E-state index in [1.54, 1.807) is 11.0 Å². The van der Waals surface area contributed by atoms with Gasteiger partial charge in [0.05, 0.1) is 30.2 Å². The van der Waals surface area contributed by atoms with Crippen LogP contribution < -0.4 is 5.48 Å². The molecule has 0 spiro atoms. The summed E-state index contributed by atoms with van der Waals surface area (Å²) in [5.41, 5.74) is 4.83. The fraction of sp³-hybridized carbons (Fsp3) is 0.429. The molecule has 100 valence electrons. The molecule has 1 heterocycles. The normalized spacial score (nSPS) is 16.0. The molecule has 0 unspecified atom stereocenters. The van der Waals surface area contributed by atoms with Gasteiger partial charge in [0, 0.05) is 0 Å². The zero-order valence-corrected chi connectivity index (χ0v) is 10.8. The molecule has 1 N–H and O–H groups in total. The van der Waals surface area contributed by atoms with Crippen molar-refractivity contribution in [1.29, 1.82) is 0 Å². The minimum absolute atomic E-state index is 0.365. The summed E-state index contributed by atoms with van der Waals surface area (Å²) >= 11 is 0. The maximum absolute atomic E-state index is 5.59. The van der Waals surface area contributed by atoms with E-state index in [2.05, 4.69) is 15.7 Å². The third-order valence-corrected chi connectivity index (χ3v) is 3.33. The molecule has 2 aromatic rings. The van der Waals surface area contributed by atoms with Crippen LogP contribution >= 0.6 is 0 Å². The van der Waals surface area contributed by atoms with Crippen LogP contribution in [0.4, 0.5) is 0 Å². The van der Waals surface area contributed by atoms with E-state index in [1.807, 2.05) is 30.3 Å². The highest BCUT2D eigenvalue weighted by molar-refractivity contribution is 5.28. The molecule has 5 nitrogen and oxygen atoms in total. The van der Waals surface area contributed by atoms with Crippen LogP contribution in [0, 0.1) is 0 Å². The Hall–Kier alpha value is -1.72. The van der Waals surface area contributed by atoms with Gasteiger partial charge in [0.15, 0.2) is 0 Å². The highest BCUT2D eigenvalue weighted by Crippen LogP contribution is 2.19. The molecule has 0 atom stereocenters. The fourth-order valence-corrected chi connectivity index (χ4v) is 2.30. The summed E-state index contributed by atoms with van der Waals surface area (Å²) in [6.07, 6.45) is 6.99. The van der Waals surface area contributed by atoms with Gasteiger partial charge in [0.2, 0.25) is 0 Å². The van der Waals surface area contributed by atoms with Gasteiger partial charge in [-0.25, -0.2) is 0 Å². The average Bonchev–Trinajstić information content (AvgIpc) is 3.11. The van der Waals surface area contributed by atoms with Crippen molar-refractivity contribution in [3.8, 4) is 5.69 Å². The van der Waals surface area contributed by atoms with Crippen molar-refractivity contribution >= 4 is 0 Å². The van der Waals surface area contributed by atoms with E-state index in [0.29, 0.717) is 12.6 Å². The lowest BCUT2D eigenvalue weighted by atomic mass is 10.3. The predicted octanol–water partition coefficient (Wildman–Crippen LogP) is 2.23. The Labute approximate surface area is 112 Å². The third-order valence-electron chi connectivity index (χ3n) is 3.33. The van der Waals surface area contributed by atoms with Gasteiger partial charge in [-0.15, -0.1) is 0 Å². The molecule has 0 saturated heterocycles. The van der Waals surface area contributed by atoms with Crippen LogP contribution in [0.1, 0.15) is 31.4 Å². The molecule has 1 aromatic heterocycles. The van der Waals surface area contributed by atoms with Crippen LogP contribution in [0.2, 0.25) is 0 Å². The molecule has 5 heteroatoms. The Morgan fingerprint density at radius 3 is 2.79 bits per heavy atom. The van der Waals surface area contributed by atoms with Crippen LogP contribution in [0.3, 0.4) is 0 Å². The van der Waals surface area contributed by atoms with Crippen LogP contribution in [-0.4, -0.2) is 21.1 Å². The van der Waals surface area contributed by atoms with Crippen molar-refractivity contribution in [1.82, 2.24) is 20.5 Å². The number of hydrogen-bond donors (Lipinski definition) is 1. The molecule has 0 radical (unpaired) electrons. The lowest BCUT2D eigenvalue weighted by molar-refractivity contribution is -0.0249. The first kappa shape index (κ1) is 12.3. The standard InChI is InChI=1S/C14H18N4O/c1-2-6-13(7-3-1)18-15-10-12(17-18)11-16-19-14-8-4-5-9-14/h1-3,6-7,10,14,16H,4-5,8-9,11H2. The van der Waals surface area contributed by atoms with Gasteiger partial charge >= 0.3 is 0 Å². The third kappa shape index (κ3) is 3.19. The molecular weight excluding hydrogens is 240 g/mol. The monoisotopic (exact) mass is 258 g/mol. The van der Waals surface area contributed by atoms with Crippen molar-refractivity contribution in [2.45, 2.75) is 38.3 Å². The van der Waals surface area contributed by atoms with Crippen molar-refractivity contribution in [3.63, 3.8) is 0 Å². The Kier molecular flexibility index (Phi) is 3.86. The van der Waals surface area contributed by atoms with Crippen LogP contribution in [-0.2, 0) is 11.4 Å². The van der Waals surface area contributed by atoms with E-state index in [4.69, 9.17) is 4.84 Å². The fourth-order valence-electron chi connectivity index (χ4n) is 2.30. The quantitative estimate of drug-likeness (QED) is 0.836. The first-order valence-electron chi connectivity index (χ1n) is 6.77. The summed E-state index contributed by atoms with van der Waals surface area (Å²) in [4.78, 5) is 7.23. The minimum Gasteiger partial charge on any atom is -0.298 e. The summed E-state index contributed by atoms with van der Waals surface area (Å²) in [7, 11) is 0. The van der Waals surface area contributed by atoms with Gasteiger partial charge < -0.3 is 0 Å². The number of benzene rings is 1. The van der Waals surface area contributed by atoms with E-state index in [-0.39, 0.29) is 0 Å². The van der Waals surface area contributed by atoms with Gasteiger partial charge in [0.1, 0.15) is 0 Å². The number of hydrogen-bond acceptors (Lipinski definition) is 4. The van der Waals surface area contributed by atoms with Crippen molar-refractivity contribution < 1.29 is 4.84 Å². The summed E-state index contributed by atoms with van der Waals surface area (Å²) in [6, 6.07) is 9.88.